The van der Waals surface area contributed by atoms with Crippen molar-refractivity contribution in [2.75, 3.05) is 11.1 Å². The number of carbonyl (C=O) groups excluding carboxylic acids is 1. The summed E-state index contributed by atoms with van der Waals surface area (Å²) in [5.74, 6) is -0.342. The third-order valence-electron chi connectivity index (χ3n) is 3.68. The minimum atomic E-state index is -3.71. The molecule has 2 rings (SSSR count). The van der Waals surface area contributed by atoms with E-state index in [1.165, 1.54) is 6.07 Å². The molecule has 0 heterocycles. The van der Waals surface area contributed by atoms with Gasteiger partial charge < -0.3 is 11.1 Å². The molecule has 7 heteroatoms. The molecule has 0 radical (unpaired) electrons. The van der Waals surface area contributed by atoms with E-state index in [4.69, 9.17) is 5.73 Å². The summed E-state index contributed by atoms with van der Waals surface area (Å²) in [5, 5.41) is 2.74. The molecule has 0 fully saturated rings. The molecule has 6 nitrogen and oxygen atoms in total. The number of hydrogen-bond acceptors (Lipinski definition) is 4. The molecule has 0 spiro atoms. The van der Waals surface area contributed by atoms with E-state index >= 15 is 0 Å². The molecular formula is C19H25N3O3S. The Morgan fingerprint density at radius 1 is 1.00 bits per heavy atom. The number of nitrogens with two attached hydrogens (primary N) is 1. The first-order valence-corrected chi connectivity index (χ1v) is 9.69. The summed E-state index contributed by atoms with van der Waals surface area (Å²) < 4.78 is 27.9. The summed E-state index contributed by atoms with van der Waals surface area (Å²) >= 11 is 0. The smallest absolute Gasteiger partial charge is 0.256 e. The van der Waals surface area contributed by atoms with Crippen LogP contribution in [0.2, 0.25) is 0 Å². The lowest BCUT2D eigenvalue weighted by Crippen LogP contribution is -2.40. The summed E-state index contributed by atoms with van der Waals surface area (Å²) in [4.78, 5) is 12.7. The van der Waals surface area contributed by atoms with Crippen molar-refractivity contribution in [3.05, 3.63) is 53.1 Å². The highest BCUT2D eigenvalue weighted by atomic mass is 32.2. The number of rotatable bonds is 4. The highest BCUT2D eigenvalue weighted by Crippen LogP contribution is 2.23. The summed E-state index contributed by atoms with van der Waals surface area (Å²) in [6.45, 7) is 8.84. The Labute approximate surface area is 154 Å². The monoisotopic (exact) mass is 375 g/mol. The quantitative estimate of drug-likeness (QED) is 0.714. The van der Waals surface area contributed by atoms with Gasteiger partial charge in [0.25, 0.3) is 5.91 Å². The minimum Gasteiger partial charge on any atom is -0.399 e. The molecule has 2 aromatic carbocycles. The van der Waals surface area contributed by atoms with Gasteiger partial charge >= 0.3 is 0 Å². The Morgan fingerprint density at radius 2 is 1.62 bits per heavy atom. The van der Waals surface area contributed by atoms with Gasteiger partial charge in [-0.25, -0.2) is 13.1 Å². The third-order valence-corrected chi connectivity index (χ3v) is 5.58. The van der Waals surface area contributed by atoms with E-state index in [-0.39, 0.29) is 10.8 Å². The maximum atomic E-state index is 12.6. The van der Waals surface area contributed by atoms with Crippen LogP contribution >= 0.6 is 0 Å². The molecule has 2 aromatic rings. The van der Waals surface area contributed by atoms with Crippen LogP contribution in [0.1, 0.15) is 42.3 Å². The van der Waals surface area contributed by atoms with Crippen LogP contribution in [0.5, 0.6) is 0 Å². The van der Waals surface area contributed by atoms with E-state index in [1.54, 1.807) is 58.0 Å². The Morgan fingerprint density at radius 3 is 2.23 bits per heavy atom. The van der Waals surface area contributed by atoms with Gasteiger partial charge in [0.2, 0.25) is 10.0 Å². The van der Waals surface area contributed by atoms with Gasteiger partial charge in [0, 0.05) is 22.5 Å². The number of carbonyl (C=O) groups is 1. The second-order valence-corrected chi connectivity index (χ2v) is 9.02. The van der Waals surface area contributed by atoms with Crippen molar-refractivity contribution in [2.24, 2.45) is 0 Å². The minimum absolute atomic E-state index is 0.134. The molecule has 0 aliphatic heterocycles. The average Bonchev–Trinajstić information content (AvgIpc) is 2.49. The lowest BCUT2D eigenvalue weighted by Gasteiger charge is -2.21. The first kappa shape index (κ1) is 19.9. The van der Waals surface area contributed by atoms with Crippen LogP contribution in [0, 0.1) is 13.8 Å². The number of sulfonamides is 1. The molecule has 140 valence electrons. The van der Waals surface area contributed by atoms with E-state index in [9.17, 15) is 13.2 Å². The number of anilines is 2. The molecule has 0 aliphatic carbocycles. The van der Waals surface area contributed by atoms with Gasteiger partial charge in [-0.15, -0.1) is 0 Å². The molecule has 0 aromatic heterocycles. The number of nitrogens with one attached hydrogen (secondary N) is 2. The first-order chi connectivity index (χ1) is 11.9. The standard InChI is InChI=1S/C19H25N3O3S/c1-12-6-8-14(20)10-16(12)18(23)21-15-9-7-13(2)17(11-15)26(24,25)22-19(3,4)5/h6-11,22H,20H2,1-5H3,(H,21,23). The summed E-state index contributed by atoms with van der Waals surface area (Å²) in [7, 11) is -3.71. The SMILES string of the molecule is Cc1ccc(N)cc1C(=O)Nc1ccc(C)c(S(=O)(=O)NC(C)(C)C)c1. The van der Waals surface area contributed by atoms with Crippen LogP contribution in [-0.4, -0.2) is 19.9 Å². The van der Waals surface area contributed by atoms with Gasteiger partial charge in [0.15, 0.2) is 0 Å². The Kier molecular flexibility index (Phi) is 5.44. The van der Waals surface area contributed by atoms with Crippen molar-refractivity contribution in [1.82, 2.24) is 4.72 Å². The predicted molar refractivity (Wildman–Crippen MR) is 105 cm³/mol. The highest BCUT2D eigenvalue weighted by molar-refractivity contribution is 7.89. The zero-order valence-corrected chi connectivity index (χ0v) is 16.5. The number of aryl methyl sites for hydroxylation is 2. The van der Waals surface area contributed by atoms with E-state index in [0.717, 1.165) is 5.56 Å². The topological polar surface area (TPSA) is 101 Å². The number of hydrogen-bond donors (Lipinski definition) is 3. The third kappa shape index (κ3) is 4.83. The molecule has 0 saturated heterocycles. The van der Waals surface area contributed by atoms with Crippen molar-refractivity contribution in [2.45, 2.75) is 45.1 Å². The molecular weight excluding hydrogens is 350 g/mol. The van der Waals surface area contributed by atoms with Crippen LogP contribution in [0.3, 0.4) is 0 Å². The van der Waals surface area contributed by atoms with Gasteiger partial charge in [-0.05, 0) is 70.0 Å². The van der Waals surface area contributed by atoms with Crippen molar-refractivity contribution in [3.63, 3.8) is 0 Å². The van der Waals surface area contributed by atoms with E-state index in [0.29, 0.717) is 22.5 Å². The van der Waals surface area contributed by atoms with E-state index in [2.05, 4.69) is 10.0 Å². The molecule has 0 atom stereocenters. The lowest BCUT2D eigenvalue weighted by molar-refractivity contribution is 0.102. The molecule has 26 heavy (non-hydrogen) atoms. The summed E-state index contributed by atoms with van der Waals surface area (Å²) in [6, 6.07) is 9.88. The zero-order chi connectivity index (χ0) is 19.7. The largest absolute Gasteiger partial charge is 0.399 e. The number of benzene rings is 2. The summed E-state index contributed by atoms with van der Waals surface area (Å²) in [6.07, 6.45) is 0. The average molecular weight is 375 g/mol. The van der Waals surface area contributed by atoms with Gasteiger partial charge in [-0.1, -0.05) is 12.1 Å². The van der Waals surface area contributed by atoms with Crippen molar-refractivity contribution in [1.29, 1.82) is 0 Å². The van der Waals surface area contributed by atoms with Crippen molar-refractivity contribution >= 4 is 27.3 Å². The molecule has 1 amide bonds. The second kappa shape index (κ2) is 7.09. The Bertz CT molecular complexity index is 945. The number of nitrogen functional groups attached to an aromatic ring is 1. The first-order valence-electron chi connectivity index (χ1n) is 8.21. The maximum absolute atomic E-state index is 12.6. The van der Waals surface area contributed by atoms with Gasteiger partial charge in [0.05, 0.1) is 4.90 Å². The lowest BCUT2D eigenvalue weighted by atomic mass is 10.1. The van der Waals surface area contributed by atoms with Gasteiger partial charge in [-0.3, -0.25) is 4.79 Å². The van der Waals surface area contributed by atoms with E-state index < -0.39 is 15.6 Å². The molecule has 0 saturated carbocycles. The highest BCUT2D eigenvalue weighted by Gasteiger charge is 2.24. The number of amides is 1. The van der Waals surface area contributed by atoms with Crippen LogP contribution < -0.4 is 15.8 Å². The molecule has 0 bridgehead atoms. The zero-order valence-electron chi connectivity index (χ0n) is 15.7. The molecule has 4 N–H and O–H groups in total. The van der Waals surface area contributed by atoms with E-state index in [1.807, 2.05) is 6.92 Å². The summed E-state index contributed by atoms with van der Waals surface area (Å²) in [5.41, 5.74) is 7.86. The fraction of sp³-hybridized carbons (Fsp3) is 0.316. The Hall–Kier alpha value is -2.38. The fourth-order valence-electron chi connectivity index (χ4n) is 2.51. The second-order valence-electron chi connectivity index (χ2n) is 7.36. The Balaban J connectivity index is 2.35. The van der Waals surface area contributed by atoms with Crippen LogP contribution in [0.15, 0.2) is 41.3 Å². The van der Waals surface area contributed by atoms with Crippen molar-refractivity contribution < 1.29 is 13.2 Å². The van der Waals surface area contributed by atoms with Crippen LogP contribution in [0.4, 0.5) is 11.4 Å². The molecule has 0 unspecified atom stereocenters. The van der Waals surface area contributed by atoms with Gasteiger partial charge in [-0.2, -0.15) is 0 Å². The molecule has 0 aliphatic rings. The predicted octanol–water partition coefficient (Wildman–Crippen LogP) is 3.21. The van der Waals surface area contributed by atoms with Crippen molar-refractivity contribution in [3.8, 4) is 0 Å². The maximum Gasteiger partial charge on any atom is 0.256 e. The van der Waals surface area contributed by atoms with Crippen LogP contribution in [-0.2, 0) is 10.0 Å². The van der Waals surface area contributed by atoms with Gasteiger partial charge in [0.1, 0.15) is 0 Å². The fourth-order valence-corrected chi connectivity index (χ4v) is 4.20. The normalized spacial score (nSPS) is 12.0. The van der Waals surface area contributed by atoms with Crippen LogP contribution in [0.25, 0.3) is 0 Å².